The molecule has 1 aromatic rings. The van der Waals surface area contributed by atoms with Gasteiger partial charge in [0.05, 0.1) is 6.33 Å². The fraction of sp³-hybridized carbons (Fsp3) is 0.667. The minimum absolute atomic E-state index is 0.148. The Bertz CT molecular complexity index is 820. The van der Waals surface area contributed by atoms with Crippen molar-refractivity contribution in [3.05, 3.63) is 59.6 Å². The van der Waals surface area contributed by atoms with Crippen molar-refractivity contribution in [3.8, 4) is 0 Å². The van der Waals surface area contributed by atoms with Crippen molar-refractivity contribution in [2.45, 2.75) is 108 Å². The molecule has 4 fully saturated rings. The van der Waals surface area contributed by atoms with Crippen LogP contribution in [0.4, 0.5) is 4.39 Å². The minimum Gasteiger partial charge on any atom is -0.383 e. The van der Waals surface area contributed by atoms with Crippen molar-refractivity contribution in [2.75, 3.05) is 6.54 Å². The second-order valence-electron chi connectivity index (χ2n) is 11.9. The van der Waals surface area contributed by atoms with Gasteiger partial charge in [-0.05, 0) is 106 Å². The van der Waals surface area contributed by atoms with Gasteiger partial charge in [0.2, 0.25) is 0 Å². The third kappa shape index (κ3) is 5.09. The van der Waals surface area contributed by atoms with Gasteiger partial charge < -0.3 is 11.1 Å². The van der Waals surface area contributed by atoms with Crippen molar-refractivity contribution in [1.29, 1.82) is 0 Å². The van der Waals surface area contributed by atoms with Crippen LogP contribution in [0.15, 0.2) is 48.4 Å². The zero-order valence-electron chi connectivity index (χ0n) is 21.0. The summed E-state index contributed by atoms with van der Waals surface area (Å²) in [7, 11) is 0. The number of hydrogen-bond donors (Lipinski definition) is 2. The summed E-state index contributed by atoms with van der Waals surface area (Å²) in [6.07, 6.45) is 16.7. The second-order valence-corrected chi connectivity index (χ2v) is 11.9. The van der Waals surface area contributed by atoms with E-state index in [9.17, 15) is 4.39 Å². The van der Waals surface area contributed by atoms with E-state index in [1.165, 1.54) is 87.5 Å². The summed E-state index contributed by atoms with van der Waals surface area (Å²) >= 11 is 0. The molecule has 0 heterocycles. The molecule has 1 aromatic carbocycles. The highest BCUT2D eigenvalue weighted by atomic mass is 19.1. The lowest BCUT2D eigenvalue weighted by atomic mass is 9.51. The molecule has 5 rings (SSSR count). The zero-order chi connectivity index (χ0) is 23.5. The van der Waals surface area contributed by atoms with E-state index in [0.29, 0.717) is 30.3 Å². The third-order valence-corrected chi connectivity index (χ3v) is 9.70. The van der Waals surface area contributed by atoms with Gasteiger partial charge in [-0.15, -0.1) is 0 Å². The van der Waals surface area contributed by atoms with Crippen LogP contribution < -0.4 is 11.1 Å². The molecule has 0 radical (unpaired) electrons. The van der Waals surface area contributed by atoms with Crippen molar-refractivity contribution in [2.24, 2.45) is 17.1 Å². The average molecular weight is 453 g/mol. The van der Waals surface area contributed by atoms with E-state index in [-0.39, 0.29) is 11.0 Å². The Morgan fingerprint density at radius 2 is 1.67 bits per heavy atom. The van der Waals surface area contributed by atoms with E-state index >= 15 is 0 Å². The fourth-order valence-electron chi connectivity index (χ4n) is 7.05. The van der Waals surface area contributed by atoms with Crippen LogP contribution in [-0.4, -0.2) is 12.1 Å². The smallest absolute Gasteiger partial charge is 0.0871 e. The lowest BCUT2D eigenvalue weighted by Gasteiger charge is -2.56. The van der Waals surface area contributed by atoms with Crippen molar-refractivity contribution in [1.82, 2.24) is 5.32 Å². The maximum atomic E-state index is 12.8. The van der Waals surface area contributed by atoms with Crippen LogP contribution in [0.3, 0.4) is 0 Å². The lowest BCUT2D eigenvalue weighted by Crippen LogP contribution is -2.52. The molecule has 0 unspecified atom stereocenters. The molecule has 0 atom stereocenters. The van der Waals surface area contributed by atoms with Gasteiger partial charge >= 0.3 is 0 Å². The first-order valence-corrected chi connectivity index (χ1v) is 13.4. The van der Waals surface area contributed by atoms with Crippen molar-refractivity contribution in [3.63, 3.8) is 0 Å². The SMILES string of the molecule is C=C(NC(C)(C)C1CCCCC1)C12CCC(c3ccc(CC/C(=C/F)CN)cc3)(CC1)CC2. The van der Waals surface area contributed by atoms with E-state index in [1.807, 2.05) is 0 Å². The quantitative estimate of drug-likeness (QED) is 0.407. The molecule has 4 saturated carbocycles. The summed E-state index contributed by atoms with van der Waals surface area (Å²) < 4.78 is 12.8. The van der Waals surface area contributed by atoms with Gasteiger partial charge in [0.1, 0.15) is 0 Å². The zero-order valence-corrected chi connectivity index (χ0v) is 21.0. The highest BCUT2D eigenvalue weighted by Crippen LogP contribution is 2.60. The van der Waals surface area contributed by atoms with Gasteiger partial charge in [0.25, 0.3) is 0 Å². The highest BCUT2D eigenvalue weighted by Gasteiger charge is 2.51. The fourth-order valence-corrected chi connectivity index (χ4v) is 7.05. The number of nitrogens with two attached hydrogens (primary N) is 1. The number of hydrogen-bond acceptors (Lipinski definition) is 2. The molecule has 2 bridgehead atoms. The third-order valence-electron chi connectivity index (χ3n) is 9.70. The standard InChI is InChI=1S/C30H45FN2/c1-23(33-28(2,3)26-7-5-4-6-8-26)29-15-18-30(19-16-29,20-17-29)27-13-11-24(12-14-27)9-10-25(21-31)22-32/h11-14,21,26,33H,1,4-10,15-20,22,32H2,2-3H3/b25-21-. The Kier molecular flexibility index (Phi) is 7.38. The number of allylic oxidation sites excluding steroid dienone is 1. The van der Waals surface area contributed by atoms with Crippen LogP contribution in [-0.2, 0) is 11.8 Å². The Morgan fingerprint density at radius 3 is 2.21 bits per heavy atom. The molecule has 3 N–H and O–H groups in total. The van der Waals surface area contributed by atoms with Crippen LogP contribution in [0.25, 0.3) is 0 Å². The van der Waals surface area contributed by atoms with Crippen LogP contribution in [0.1, 0.15) is 102 Å². The van der Waals surface area contributed by atoms with Crippen LogP contribution in [0, 0.1) is 11.3 Å². The molecule has 0 aromatic heterocycles. The van der Waals surface area contributed by atoms with E-state index in [2.05, 4.69) is 50.0 Å². The van der Waals surface area contributed by atoms with Gasteiger partial charge in [-0.3, -0.25) is 0 Å². The van der Waals surface area contributed by atoms with Crippen LogP contribution >= 0.6 is 0 Å². The molecular formula is C30H45FN2. The van der Waals surface area contributed by atoms with Gasteiger partial charge in [0.15, 0.2) is 0 Å². The minimum atomic E-state index is 0.148. The summed E-state index contributed by atoms with van der Waals surface area (Å²) in [5.41, 5.74) is 11.1. The van der Waals surface area contributed by atoms with E-state index in [4.69, 9.17) is 5.73 Å². The maximum Gasteiger partial charge on any atom is 0.0871 e. The largest absolute Gasteiger partial charge is 0.383 e. The number of aryl methyl sites for hydroxylation is 1. The molecule has 4 aliphatic rings. The molecule has 3 heteroatoms. The summed E-state index contributed by atoms with van der Waals surface area (Å²) in [6, 6.07) is 9.18. The second kappa shape index (κ2) is 9.94. The molecule has 182 valence electrons. The van der Waals surface area contributed by atoms with E-state index < -0.39 is 0 Å². The molecule has 0 aliphatic heterocycles. The van der Waals surface area contributed by atoms with Crippen molar-refractivity contribution >= 4 is 0 Å². The van der Waals surface area contributed by atoms with E-state index in [1.54, 1.807) is 0 Å². The Morgan fingerprint density at radius 1 is 1.06 bits per heavy atom. The topological polar surface area (TPSA) is 38.0 Å². The number of nitrogens with one attached hydrogen (secondary N) is 1. The summed E-state index contributed by atoms with van der Waals surface area (Å²) in [6.45, 7) is 9.74. The number of rotatable bonds is 9. The molecule has 2 nitrogen and oxygen atoms in total. The summed E-state index contributed by atoms with van der Waals surface area (Å²) in [5, 5.41) is 3.97. The molecule has 4 aliphatic carbocycles. The molecule has 0 spiro atoms. The van der Waals surface area contributed by atoms with Gasteiger partial charge in [-0.2, -0.15) is 0 Å². The molecular weight excluding hydrogens is 407 g/mol. The normalized spacial score (nSPS) is 28.7. The Hall–Kier alpha value is -1.61. The predicted octanol–water partition coefficient (Wildman–Crippen LogP) is 7.49. The molecule has 0 amide bonds. The molecule has 0 saturated heterocycles. The summed E-state index contributed by atoms with van der Waals surface area (Å²) in [4.78, 5) is 0. The van der Waals surface area contributed by atoms with Crippen molar-refractivity contribution < 1.29 is 4.39 Å². The Balaban J connectivity index is 1.37. The number of benzene rings is 1. The van der Waals surface area contributed by atoms with Gasteiger partial charge in [0, 0.05) is 23.2 Å². The van der Waals surface area contributed by atoms with Gasteiger partial charge in [-0.1, -0.05) is 50.1 Å². The molecule has 33 heavy (non-hydrogen) atoms. The van der Waals surface area contributed by atoms with Crippen LogP contribution in [0.2, 0.25) is 0 Å². The summed E-state index contributed by atoms with van der Waals surface area (Å²) in [5.74, 6) is 0.769. The lowest BCUT2D eigenvalue weighted by molar-refractivity contribution is 0.0567. The van der Waals surface area contributed by atoms with E-state index in [0.717, 1.165) is 12.3 Å². The monoisotopic (exact) mass is 452 g/mol. The highest BCUT2D eigenvalue weighted by molar-refractivity contribution is 5.33. The van der Waals surface area contributed by atoms with Gasteiger partial charge in [-0.25, -0.2) is 4.39 Å². The Labute approximate surface area is 201 Å². The first kappa shape index (κ1) is 24.5. The predicted molar refractivity (Wildman–Crippen MR) is 138 cm³/mol. The average Bonchev–Trinajstić information content (AvgIpc) is 2.86. The maximum absolute atomic E-state index is 12.8. The van der Waals surface area contributed by atoms with Crippen LogP contribution in [0.5, 0.6) is 0 Å². The number of halogens is 1. The first-order valence-electron chi connectivity index (χ1n) is 13.4. The number of fused-ring (bicyclic) bond motifs is 3. The first-order chi connectivity index (χ1) is 15.8.